The van der Waals surface area contributed by atoms with Crippen LogP contribution in [0.25, 0.3) is 0 Å². The summed E-state index contributed by atoms with van der Waals surface area (Å²) < 4.78 is 5.79. The summed E-state index contributed by atoms with van der Waals surface area (Å²) in [6, 6.07) is 28.9. The van der Waals surface area contributed by atoms with Crippen molar-refractivity contribution in [2.24, 2.45) is 0 Å². The second kappa shape index (κ2) is 6.22. The molecule has 20 heavy (non-hydrogen) atoms. The Hall–Kier alpha value is -2.32. The van der Waals surface area contributed by atoms with Crippen LogP contribution in [-0.4, -0.2) is 9.52 Å². The highest BCUT2D eigenvalue weighted by Gasteiger charge is 1.99. The van der Waals surface area contributed by atoms with E-state index in [1.54, 1.807) is 0 Å². The summed E-state index contributed by atoms with van der Waals surface area (Å²) in [6.07, 6.45) is 0. The summed E-state index contributed by atoms with van der Waals surface area (Å²) in [7, 11) is 0.155. The minimum absolute atomic E-state index is 0.155. The Morgan fingerprint density at radius 3 is 1.65 bits per heavy atom. The molecule has 0 fully saturated rings. The van der Waals surface area contributed by atoms with Gasteiger partial charge < -0.3 is 4.74 Å². The van der Waals surface area contributed by atoms with Crippen LogP contribution in [0.3, 0.4) is 0 Å². The van der Waals surface area contributed by atoms with Gasteiger partial charge >= 0.3 is 0 Å². The Morgan fingerprint density at radius 2 is 1.00 bits per heavy atom. The molecule has 1 nitrogen and oxygen atoms in total. The first-order valence-electron chi connectivity index (χ1n) is 6.63. The van der Waals surface area contributed by atoms with Gasteiger partial charge in [0.25, 0.3) is 0 Å². The molecule has 0 saturated heterocycles. The predicted octanol–water partition coefficient (Wildman–Crippen LogP) is 2.87. The molecule has 0 heterocycles. The van der Waals surface area contributed by atoms with Crippen molar-refractivity contribution in [2.45, 2.75) is 0 Å². The van der Waals surface area contributed by atoms with Crippen LogP contribution in [0.1, 0.15) is 0 Å². The minimum atomic E-state index is 0.155. The van der Waals surface area contributed by atoms with Crippen LogP contribution in [0.4, 0.5) is 0 Å². The summed E-state index contributed by atoms with van der Waals surface area (Å²) in [5, 5.41) is 2.78. The number of hydrogen-bond acceptors (Lipinski definition) is 1. The second-order valence-corrected chi connectivity index (χ2v) is 6.16. The quantitative estimate of drug-likeness (QED) is 0.665. The molecule has 0 spiro atoms. The molecule has 0 aliphatic carbocycles. The van der Waals surface area contributed by atoms with Crippen molar-refractivity contribution in [2.75, 3.05) is 0 Å². The van der Waals surface area contributed by atoms with Crippen molar-refractivity contribution in [1.29, 1.82) is 0 Å². The topological polar surface area (TPSA) is 9.23 Å². The molecular formula is C18H15OSi. The zero-order valence-electron chi connectivity index (χ0n) is 11.1. The highest BCUT2D eigenvalue weighted by molar-refractivity contribution is 6.67. The van der Waals surface area contributed by atoms with Crippen LogP contribution in [-0.2, 0) is 0 Å². The maximum Gasteiger partial charge on any atom is 0.127 e. The van der Waals surface area contributed by atoms with E-state index >= 15 is 0 Å². The number of hydrogen-bond donors (Lipinski definition) is 0. The third-order valence-electron chi connectivity index (χ3n) is 2.99. The van der Waals surface area contributed by atoms with Gasteiger partial charge in [0.2, 0.25) is 0 Å². The predicted molar refractivity (Wildman–Crippen MR) is 85.8 cm³/mol. The molecule has 3 aromatic rings. The van der Waals surface area contributed by atoms with Gasteiger partial charge in [-0.05, 0) is 24.3 Å². The first kappa shape index (κ1) is 12.7. The summed E-state index contributed by atoms with van der Waals surface area (Å²) in [4.78, 5) is 0. The van der Waals surface area contributed by atoms with Crippen LogP contribution in [0.5, 0.6) is 11.5 Å². The Balaban J connectivity index is 1.69. The minimum Gasteiger partial charge on any atom is -0.457 e. The maximum absolute atomic E-state index is 5.79. The van der Waals surface area contributed by atoms with Crippen molar-refractivity contribution in [3.63, 3.8) is 0 Å². The van der Waals surface area contributed by atoms with Crippen LogP contribution >= 0.6 is 0 Å². The molecule has 1 radical (unpaired) electrons. The first-order valence-corrected chi connectivity index (χ1v) is 7.78. The van der Waals surface area contributed by atoms with E-state index in [2.05, 4.69) is 42.5 Å². The summed E-state index contributed by atoms with van der Waals surface area (Å²) in [5.41, 5.74) is 0. The van der Waals surface area contributed by atoms with Gasteiger partial charge in [0.15, 0.2) is 0 Å². The van der Waals surface area contributed by atoms with E-state index in [0.717, 1.165) is 11.5 Å². The molecule has 0 unspecified atom stereocenters. The lowest BCUT2D eigenvalue weighted by Crippen LogP contribution is -2.26. The van der Waals surface area contributed by atoms with Crippen molar-refractivity contribution in [3.8, 4) is 11.5 Å². The smallest absolute Gasteiger partial charge is 0.127 e. The molecule has 0 aromatic heterocycles. The molecule has 0 bridgehead atoms. The molecule has 2 heteroatoms. The van der Waals surface area contributed by atoms with Crippen LogP contribution < -0.4 is 15.1 Å². The van der Waals surface area contributed by atoms with Gasteiger partial charge in [-0.15, -0.1) is 0 Å². The Kier molecular flexibility index (Phi) is 3.95. The largest absolute Gasteiger partial charge is 0.457 e. The SMILES string of the molecule is c1ccc(Oc2ccc([SiH]c3ccccc3)cc2)cc1. The van der Waals surface area contributed by atoms with E-state index in [4.69, 9.17) is 4.74 Å². The molecule has 3 aromatic carbocycles. The lowest BCUT2D eigenvalue weighted by molar-refractivity contribution is 0.483. The maximum atomic E-state index is 5.79. The number of para-hydroxylation sites is 1. The summed E-state index contributed by atoms with van der Waals surface area (Å²) in [6.45, 7) is 0. The molecule has 0 atom stereocenters. The van der Waals surface area contributed by atoms with Gasteiger partial charge in [-0.2, -0.15) is 0 Å². The van der Waals surface area contributed by atoms with Gasteiger partial charge in [0.05, 0.1) is 0 Å². The van der Waals surface area contributed by atoms with Gasteiger partial charge in [-0.25, -0.2) is 0 Å². The van der Waals surface area contributed by atoms with Crippen molar-refractivity contribution >= 4 is 19.9 Å². The molecule has 97 valence electrons. The highest BCUT2D eigenvalue weighted by Crippen LogP contribution is 2.19. The Labute approximate surface area is 121 Å². The van der Waals surface area contributed by atoms with Crippen molar-refractivity contribution in [1.82, 2.24) is 0 Å². The molecule has 0 N–H and O–H groups in total. The number of benzene rings is 3. The Bertz CT molecular complexity index is 588. The van der Waals surface area contributed by atoms with E-state index in [1.165, 1.54) is 10.4 Å². The molecule has 0 saturated carbocycles. The number of rotatable bonds is 4. The molecule has 0 aliphatic rings. The van der Waals surface area contributed by atoms with Crippen LogP contribution in [0.15, 0.2) is 84.9 Å². The number of ether oxygens (including phenoxy) is 1. The second-order valence-electron chi connectivity index (χ2n) is 4.54. The lowest BCUT2D eigenvalue weighted by atomic mass is 10.3. The van der Waals surface area contributed by atoms with Crippen LogP contribution in [0.2, 0.25) is 0 Å². The van der Waals surface area contributed by atoms with Crippen molar-refractivity contribution < 1.29 is 4.74 Å². The van der Waals surface area contributed by atoms with E-state index in [9.17, 15) is 0 Å². The van der Waals surface area contributed by atoms with Gasteiger partial charge in [0, 0.05) is 0 Å². The third kappa shape index (κ3) is 3.37. The average Bonchev–Trinajstić information content (AvgIpc) is 2.51. The monoisotopic (exact) mass is 275 g/mol. The fraction of sp³-hybridized carbons (Fsp3) is 0. The van der Waals surface area contributed by atoms with Gasteiger partial charge in [0.1, 0.15) is 21.0 Å². The van der Waals surface area contributed by atoms with E-state index in [-0.39, 0.29) is 9.52 Å². The molecule has 0 aliphatic heterocycles. The first-order chi connectivity index (χ1) is 9.90. The van der Waals surface area contributed by atoms with E-state index in [1.807, 2.05) is 42.5 Å². The zero-order valence-corrected chi connectivity index (χ0v) is 12.2. The van der Waals surface area contributed by atoms with Crippen LogP contribution in [0, 0.1) is 0 Å². The molecule has 0 amide bonds. The standard InChI is InChI=1S/C18H15OSi/c1-3-7-15(8-4-1)19-16-11-13-18(14-12-16)20-17-9-5-2-6-10-17/h1-14,20H. The summed E-state index contributed by atoms with van der Waals surface area (Å²) in [5.74, 6) is 1.75. The fourth-order valence-electron chi connectivity index (χ4n) is 2.00. The van der Waals surface area contributed by atoms with Gasteiger partial charge in [-0.1, -0.05) is 71.0 Å². The zero-order chi connectivity index (χ0) is 13.6. The van der Waals surface area contributed by atoms with E-state index in [0.29, 0.717) is 0 Å². The lowest BCUT2D eigenvalue weighted by Gasteiger charge is -2.06. The Morgan fingerprint density at radius 1 is 0.500 bits per heavy atom. The average molecular weight is 275 g/mol. The molecular weight excluding hydrogens is 260 g/mol. The fourth-order valence-corrected chi connectivity index (χ4v) is 3.18. The van der Waals surface area contributed by atoms with Crippen molar-refractivity contribution in [3.05, 3.63) is 84.9 Å². The normalized spacial score (nSPS) is 10.2. The highest BCUT2D eigenvalue weighted by atomic mass is 28.2. The van der Waals surface area contributed by atoms with E-state index < -0.39 is 0 Å². The third-order valence-corrected chi connectivity index (χ3v) is 4.43. The summed E-state index contributed by atoms with van der Waals surface area (Å²) >= 11 is 0. The molecule has 3 rings (SSSR count). The van der Waals surface area contributed by atoms with Gasteiger partial charge in [-0.3, -0.25) is 0 Å².